The number of nitrogens with zero attached hydrogens (tertiary/aromatic N) is 1. The van der Waals surface area contributed by atoms with Crippen molar-refractivity contribution in [3.63, 3.8) is 0 Å². The van der Waals surface area contributed by atoms with E-state index in [2.05, 4.69) is 35.2 Å². The molecule has 0 N–H and O–H groups in total. The van der Waals surface area contributed by atoms with Gasteiger partial charge in [-0.3, -0.25) is 0 Å². The van der Waals surface area contributed by atoms with Gasteiger partial charge in [-0.1, -0.05) is 80.9 Å². The third-order valence-electron chi connectivity index (χ3n) is 5.56. The predicted molar refractivity (Wildman–Crippen MR) is 111 cm³/mol. The molecule has 0 spiro atoms. The van der Waals surface area contributed by atoms with Gasteiger partial charge in [0.1, 0.15) is 5.75 Å². The molecule has 1 aromatic rings. The Labute approximate surface area is 158 Å². The summed E-state index contributed by atoms with van der Waals surface area (Å²) in [5.41, 5.74) is 1.02. The van der Waals surface area contributed by atoms with Gasteiger partial charge in [-0.2, -0.15) is 0 Å². The van der Waals surface area contributed by atoms with Gasteiger partial charge in [-0.15, -0.1) is 0 Å². The van der Waals surface area contributed by atoms with Crippen molar-refractivity contribution >= 4 is 12.2 Å². The quantitative estimate of drug-likeness (QED) is 0.495. The maximum atomic E-state index is 6.08. The average Bonchev–Trinajstić information content (AvgIpc) is 3.49. The molecule has 1 fully saturated rings. The molecule has 0 atom stereocenters. The Bertz CT molecular complexity index is 749. The van der Waals surface area contributed by atoms with E-state index in [1.807, 2.05) is 0 Å². The third-order valence-corrected chi connectivity index (χ3v) is 5.56. The molecule has 0 aromatic heterocycles. The minimum absolute atomic E-state index is 0.794. The zero-order chi connectivity index (χ0) is 18.0. The van der Waals surface area contributed by atoms with Crippen LogP contribution in [0.2, 0.25) is 0 Å². The fourth-order valence-corrected chi connectivity index (χ4v) is 3.84. The zero-order valence-corrected chi connectivity index (χ0v) is 16.4. The van der Waals surface area contributed by atoms with Gasteiger partial charge in [-0.25, -0.2) is 0 Å². The summed E-state index contributed by atoms with van der Waals surface area (Å²) in [6.07, 6.45) is 20.7. The Morgan fingerprint density at radius 3 is 2.46 bits per heavy atom. The van der Waals surface area contributed by atoms with Gasteiger partial charge in [-0.05, 0) is 36.5 Å². The topological polar surface area (TPSA) is 13.6 Å². The normalized spacial score (nSPS) is 15.3. The monoisotopic (exact) mass is 352 g/mol. The lowest BCUT2D eigenvalue weighted by molar-refractivity contribution is 0.303. The number of benzene rings is 1. The van der Waals surface area contributed by atoms with Crippen LogP contribution >= 0.6 is 0 Å². The maximum Gasteiger partial charge on any atom is 0.315 e. The molecule has 26 heavy (non-hydrogen) atoms. The fourth-order valence-electron chi connectivity index (χ4n) is 3.84. The van der Waals surface area contributed by atoms with Crippen LogP contribution < -0.4 is 15.2 Å². The molecule has 3 rings (SSSR count). The summed E-state index contributed by atoms with van der Waals surface area (Å²) < 4.78 is 6.08. The summed E-state index contributed by atoms with van der Waals surface area (Å²) in [5.74, 6) is 2.03. The molecule has 2 aliphatic rings. The van der Waals surface area contributed by atoms with E-state index in [1.54, 1.807) is 7.05 Å². The first-order valence-corrected chi connectivity index (χ1v) is 10.7. The summed E-state index contributed by atoms with van der Waals surface area (Å²) in [5, 5.41) is 2.53. The standard InChI is InChI=1S/C24H34NO/c1-25-19-23-22-13-9-8-12-21(22)16-17-24(23)26-18-10-6-4-2-3-5-7-11-20-14-15-20/h12-13,16-17,20H,2-11,14-15,18H2,1H3/q+1. The van der Waals surface area contributed by atoms with E-state index in [1.165, 1.54) is 68.2 Å². The fraction of sp³-hybridized carbons (Fsp3) is 0.625. The number of ether oxygens (including phenoxy) is 1. The lowest BCUT2D eigenvalue weighted by atomic mass is 10.0. The molecule has 2 heteroatoms. The molecule has 0 amide bonds. The Hall–Kier alpha value is -1.75. The van der Waals surface area contributed by atoms with Crippen molar-refractivity contribution in [3.05, 3.63) is 33.0 Å². The molecule has 2 nitrogen and oxygen atoms in total. The second kappa shape index (κ2) is 10.4. The van der Waals surface area contributed by atoms with Crippen molar-refractivity contribution < 1.29 is 4.74 Å². The van der Waals surface area contributed by atoms with Gasteiger partial charge in [0.05, 0.1) is 6.61 Å². The molecule has 0 bridgehead atoms. The van der Waals surface area contributed by atoms with Crippen LogP contribution in [0.15, 0.2) is 12.1 Å². The smallest absolute Gasteiger partial charge is 0.315 e. The maximum absolute atomic E-state index is 6.08. The van der Waals surface area contributed by atoms with Crippen LogP contribution in [0.5, 0.6) is 5.75 Å². The van der Waals surface area contributed by atoms with Crippen molar-refractivity contribution in [3.8, 4) is 11.8 Å². The van der Waals surface area contributed by atoms with Crippen LogP contribution in [0, 0.1) is 12.0 Å². The van der Waals surface area contributed by atoms with E-state index in [-0.39, 0.29) is 0 Å². The Balaban J connectivity index is 1.36. The number of rotatable bonds is 11. The second-order valence-electron chi connectivity index (χ2n) is 7.82. The average molecular weight is 353 g/mol. The van der Waals surface area contributed by atoms with Crippen LogP contribution in [-0.2, 0) is 0 Å². The molecule has 1 aromatic carbocycles. The molecule has 0 unspecified atom stereocenters. The van der Waals surface area contributed by atoms with E-state index in [0.29, 0.717) is 0 Å². The van der Waals surface area contributed by atoms with E-state index in [4.69, 9.17) is 4.74 Å². The summed E-state index contributed by atoms with van der Waals surface area (Å²) in [4.78, 5) is 4.12. The number of fused-ring (bicyclic) bond motifs is 1. The predicted octanol–water partition coefficient (Wildman–Crippen LogP) is 5.26. The summed E-state index contributed by atoms with van der Waals surface area (Å²) in [7, 11) is 1.78. The molecular weight excluding hydrogens is 318 g/mol. The minimum Gasteiger partial charge on any atom is -0.492 e. The largest absolute Gasteiger partial charge is 0.492 e. The minimum atomic E-state index is 0.794. The molecule has 2 aliphatic carbocycles. The van der Waals surface area contributed by atoms with Crippen LogP contribution in [0.4, 0.5) is 0 Å². The highest BCUT2D eigenvalue weighted by molar-refractivity contribution is 5.52. The molecule has 0 heterocycles. The molecular formula is C24H34NO+. The van der Waals surface area contributed by atoms with E-state index >= 15 is 0 Å². The van der Waals surface area contributed by atoms with E-state index in [0.717, 1.165) is 43.1 Å². The van der Waals surface area contributed by atoms with Crippen LogP contribution in [0.1, 0.15) is 82.6 Å². The summed E-state index contributed by atoms with van der Waals surface area (Å²) in [6.45, 7) is 0.794. The van der Waals surface area contributed by atoms with Crippen molar-refractivity contribution in [2.75, 3.05) is 13.7 Å². The lowest BCUT2D eigenvalue weighted by Crippen LogP contribution is -2.30. The molecule has 1 saturated carbocycles. The first-order valence-electron chi connectivity index (χ1n) is 10.7. The first-order chi connectivity index (χ1) is 12.9. The van der Waals surface area contributed by atoms with Gasteiger partial charge in [0.2, 0.25) is 0 Å². The van der Waals surface area contributed by atoms with Crippen molar-refractivity contribution in [2.45, 2.75) is 77.0 Å². The zero-order valence-electron chi connectivity index (χ0n) is 16.4. The highest BCUT2D eigenvalue weighted by Crippen LogP contribution is 2.34. The van der Waals surface area contributed by atoms with E-state index < -0.39 is 0 Å². The van der Waals surface area contributed by atoms with Crippen molar-refractivity contribution in [2.24, 2.45) is 5.92 Å². The van der Waals surface area contributed by atoms with Gasteiger partial charge in [0, 0.05) is 5.22 Å². The van der Waals surface area contributed by atoms with Gasteiger partial charge in [0.25, 0.3) is 7.05 Å². The van der Waals surface area contributed by atoms with E-state index in [9.17, 15) is 0 Å². The summed E-state index contributed by atoms with van der Waals surface area (Å²) >= 11 is 0. The molecule has 0 saturated heterocycles. The van der Waals surface area contributed by atoms with Crippen molar-refractivity contribution in [1.29, 1.82) is 0 Å². The van der Waals surface area contributed by atoms with Gasteiger partial charge < -0.3 is 4.74 Å². The van der Waals surface area contributed by atoms with Gasteiger partial charge in [0.15, 0.2) is 5.56 Å². The molecule has 140 valence electrons. The van der Waals surface area contributed by atoms with Crippen molar-refractivity contribution in [1.82, 2.24) is 0 Å². The molecule has 0 aliphatic heterocycles. The van der Waals surface area contributed by atoms with Gasteiger partial charge >= 0.3 is 6.07 Å². The Morgan fingerprint density at radius 1 is 0.962 bits per heavy atom. The highest BCUT2D eigenvalue weighted by atomic mass is 16.5. The SMILES string of the molecule is C[N+]#Cc1c(OCCCCCCCCCC2CC2)ccc2c1=CCCC=2. The van der Waals surface area contributed by atoms with Crippen LogP contribution in [0.25, 0.3) is 17.0 Å². The van der Waals surface area contributed by atoms with Crippen LogP contribution in [-0.4, -0.2) is 13.7 Å². The molecule has 0 radical (unpaired) electrons. The lowest BCUT2D eigenvalue weighted by Gasteiger charge is -2.09. The Morgan fingerprint density at radius 2 is 1.69 bits per heavy atom. The summed E-state index contributed by atoms with van der Waals surface area (Å²) in [6, 6.07) is 7.40. The first kappa shape index (κ1) is 19.0. The Kier molecular flexibility index (Phi) is 7.62. The second-order valence-corrected chi connectivity index (χ2v) is 7.82. The number of unbranched alkanes of at least 4 members (excludes halogenated alkanes) is 6. The number of hydrogen-bond donors (Lipinski definition) is 0. The third kappa shape index (κ3) is 5.90. The highest BCUT2D eigenvalue weighted by Gasteiger charge is 2.19. The number of hydrogen-bond acceptors (Lipinski definition) is 1. The van der Waals surface area contributed by atoms with Crippen LogP contribution in [0.3, 0.4) is 0 Å².